The molecule has 1 saturated carbocycles. The molecule has 0 unspecified atom stereocenters. The van der Waals surface area contributed by atoms with Crippen LogP contribution in [0.15, 0.2) is 23.4 Å². The minimum atomic E-state index is -0.515. The fraction of sp³-hybridized carbons (Fsp3) is 0.556. The maximum atomic E-state index is 12.5. The van der Waals surface area contributed by atoms with Gasteiger partial charge in [-0.15, -0.1) is 0 Å². The molecule has 0 atom stereocenters. The normalized spacial score (nSPS) is 16.5. The molecular formula is C27H37N9O3. The molecule has 1 aliphatic heterocycles. The van der Waals surface area contributed by atoms with Gasteiger partial charge in [-0.25, -0.2) is 19.7 Å². The second kappa shape index (κ2) is 10.3. The fourth-order valence-corrected chi connectivity index (χ4v) is 4.83. The lowest BCUT2D eigenvalue weighted by atomic mass is 10.00. The average Bonchev–Trinajstić information content (AvgIpc) is 3.42. The fourth-order valence-electron chi connectivity index (χ4n) is 4.83. The standard InChI is InChI=1S/C27H37N9O3/c1-15(2)33-25-20(24(29)30-13-31-25)21(28)22-19(23(39-34-22)16-6-7-16)18-12-36(14-32-18)17-8-10-35(11-9-17)26(37)38-27(3,4)5/h12-17,28H,6-11H2,1-5H3,(H3,29,30,31,33). The van der Waals surface area contributed by atoms with Crippen molar-refractivity contribution in [1.82, 2.24) is 29.6 Å². The third-order valence-corrected chi connectivity index (χ3v) is 6.85. The number of carbonyl (C=O) groups is 1. The van der Waals surface area contributed by atoms with E-state index in [2.05, 4.69) is 25.0 Å². The van der Waals surface area contributed by atoms with Crippen molar-refractivity contribution in [3.63, 3.8) is 0 Å². The van der Waals surface area contributed by atoms with Crippen molar-refractivity contribution >= 4 is 23.4 Å². The highest BCUT2D eigenvalue weighted by Crippen LogP contribution is 2.46. The summed E-state index contributed by atoms with van der Waals surface area (Å²) in [6.07, 6.45) is 8.51. The van der Waals surface area contributed by atoms with Gasteiger partial charge in [-0.1, -0.05) is 5.16 Å². The number of amides is 1. The van der Waals surface area contributed by atoms with Crippen LogP contribution in [0.25, 0.3) is 11.3 Å². The Morgan fingerprint density at radius 1 is 1.18 bits per heavy atom. The molecular weight excluding hydrogens is 498 g/mol. The third kappa shape index (κ3) is 5.74. The lowest BCUT2D eigenvalue weighted by Crippen LogP contribution is -2.42. The number of imidazole rings is 1. The summed E-state index contributed by atoms with van der Waals surface area (Å²) in [4.78, 5) is 27.4. The number of nitrogens with one attached hydrogen (secondary N) is 2. The number of hydrogen-bond donors (Lipinski definition) is 3. The molecule has 4 heterocycles. The quantitative estimate of drug-likeness (QED) is 0.367. The number of nitrogens with zero attached hydrogens (tertiary/aromatic N) is 6. The monoisotopic (exact) mass is 535 g/mol. The number of piperidine rings is 1. The lowest BCUT2D eigenvalue weighted by molar-refractivity contribution is 0.0188. The number of nitrogens with two attached hydrogens (primary N) is 1. The molecule has 12 heteroatoms. The highest BCUT2D eigenvalue weighted by Gasteiger charge is 2.36. The van der Waals surface area contributed by atoms with E-state index in [0.29, 0.717) is 41.4 Å². The van der Waals surface area contributed by atoms with E-state index in [1.165, 1.54) is 6.33 Å². The first-order valence-electron chi connectivity index (χ1n) is 13.5. The van der Waals surface area contributed by atoms with Crippen molar-refractivity contribution in [1.29, 1.82) is 5.41 Å². The molecule has 4 N–H and O–H groups in total. The Morgan fingerprint density at radius 2 is 1.90 bits per heavy atom. The number of rotatable bonds is 7. The van der Waals surface area contributed by atoms with E-state index in [0.717, 1.165) is 31.4 Å². The van der Waals surface area contributed by atoms with Crippen LogP contribution in [0.2, 0.25) is 0 Å². The van der Waals surface area contributed by atoms with Gasteiger partial charge in [-0.3, -0.25) is 5.41 Å². The van der Waals surface area contributed by atoms with Crippen LogP contribution in [-0.4, -0.2) is 66.1 Å². The lowest BCUT2D eigenvalue weighted by Gasteiger charge is -2.33. The highest BCUT2D eigenvalue weighted by molar-refractivity contribution is 6.18. The van der Waals surface area contributed by atoms with Crippen molar-refractivity contribution in [2.45, 2.75) is 83.9 Å². The Kier molecular flexibility index (Phi) is 7.04. The summed E-state index contributed by atoms with van der Waals surface area (Å²) in [6, 6.07) is 0.277. The zero-order chi connectivity index (χ0) is 27.9. The Bertz CT molecular complexity index is 1360. The Hall–Kier alpha value is -3.96. The van der Waals surface area contributed by atoms with Gasteiger partial charge < -0.3 is 29.8 Å². The zero-order valence-corrected chi connectivity index (χ0v) is 23.2. The van der Waals surface area contributed by atoms with Crippen molar-refractivity contribution in [3.05, 3.63) is 35.9 Å². The van der Waals surface area contributed by atoms with Crippen LogP contribution < -0.4 is 11.1 Å². The SMILES string of the molecule is CC(C)Nc1ncnc(N)c1C(=N)c1noc(C2CC2)c1-c1cn(C2CCN(C(=O)OC(C)(C)C)CC2)cn1. The number of carbonyl (C=O) groups excluding carboxylic acids is 1. The first-order valence-corrected chi connectivity index (χ1v) is 13.5. The van der Waals surface area contributed by atoms with Gasteiger partial charge in [-0.05, 0) is 60.3 Å². The van der Waals surface area contributed by atoms with Crippen LogP contribution >= 0.6 is 0 Å². The topological polar surface area (TPSA) is 161 Å². The molecule has 1 aliphatic carbocycles. The van der Waals surface area contributed by atoms with Gasteiger partial charge in [0.25, 0.3) is 0 Å². The summed E-state index contributed by atoms with van der Waals surface area (Å²) in [5.41, 5.74) is 7.96. The van der Waals surface area contributed by atoms with Gasteiger partial charge in [-0.2, -0.15) is 0 Å². The first kappa shape index (κ1) is 26.6. The molecule has 208 valence electrons. The van der Waals surface area contributed by atoms with Crippen molar-refractivity contribution in [2.75, 3.05) is 24.1 Å². The number of aromatic nitrogens is 5. The third-order valence-electron chi connectivity index (χ3n) is 6.85. The summed E-state index contributed by atoms with van der Waals surface area (Å²) in [5.74, 6) is 1.68. The van der Waals surface area contributed by atoms with Crippen molar-refractivity contribution < 1.29 is 14.1 Å². The Morgan fingerprint density at radius 3 is 2.54 bits per heavy atom. The first-order chi connectivity index (χ1) is 18.5. The van der Waals surface area contributed by atoms with Crippen LogP contribution in [-0.2, 0) is 4.74 Å². The predicted molar refractivity (Wildman–Crippen MR) is 147 cm³/mol. The van der Waals surface area contributed by atoms with E-state index in [-0.39, 0.29) is 35.6 Å². The molecule has 1 amide bonds. The minimum Gasteiger partial charge on any atom is -0.444 e. The van der Waals surface area contributed by atoms with Crippen molar-refractivity contribution in [2.24, 2.45) is 0 Å². The molecule has 2 fully saturated rings. The molecule has 0 spiro atoms. The Labute approximate surface area is 227 Å². The van der Waals surface area contributed by atoms with Crippen LogP contribution in [0.4, 0.5) is 16.4 Å². The number of hydrogen-bond acceptors (Lipinski definition) is 10. The highest BCUT2D eigenvalue weighted by atomic mass is 16.6. The zero-order valence-electron chi connectivity index (χ0n) is 23.2. The molecule has 3 aromatic heterocycles. The molecule has 12 nitrogen and oxygen atoms in total. The van der Waals surface area contributed by atoms with Crippen LogP contribution in [0.1, 0.15) is 89.3 Å². The molecule has 0 radical (unpaired) electrons. The number of ether oxygens (including phenoxy) is 1. The maximum absolute atomic E-state index is 12.5. The molecule has 39 heavy (non-hydrogen) atoms. The number of nitrogen functional groups attached to an aromatic ring is 1. The van der Waals surface area contributed by atoms with Gasteiger partial charge in [0.1, 0.15) is 35.0 Å². The van der Waals surface area contributed by atoms with Gasteiger partial charge in [0, 0.05) is 37.3 Å². The second-order valence-electron chi connectivity index (χ2n) is 11.6. The molecule has 3 aromatic rings. The van der Waals surface area contributed by atoms with Crippen LogP contribution in [0.3, 0.4) is 0 Å². The molecule has 2 aliphatic rings. The van der Waals surface area contributed by atoms with Gasteiger partial charge in [0.05, 0.1) is 28.9 Å². The van der Waals surface area contributed by atoms with E-state index in [4.69, 9.17) is 25.4 Å². The molecule has 0 bridgehead atoms. The maximum Gasteiger partial charge on any atom is 0.410 e. The number of anilines is 2. The smallest absolute Gasteiger partial charge is 0.410 e. The van der Waals surface area contributed by atoms with Gasteiger partial charge >= 0.3 is 6.09 Å². The Balaban J connectivity index is 1.40. The summed E-state index contributed by atoms with van der Waals surface area (Å²) < 4.78 is 13.4. The largest absolute Gasteiger partial charge is 0.444 e. The summed E-state index contributed by atoms with van der Waals surface area (Å²) >= 11 is 0. The van der Waals surface area contributed by atoms with E-state index >= 15 is 0 Å². The van der Waals surface area contributed by atoms with Crippen LogP contribution in [0.5, 0.6) is 0 Å². The van der Waals surface area contributed by atoms with E-state index < -0.39 is 5.60 Å². The second-order valence-corrected chi connectivity index (χ2v) is 11.6. The van der Waals surface area contributed by atoms with E-state index in [1.807, 2.05) is 47.1 Å². The predicted octanol–water partition coefficient (Wildman–Crippen LogP) is 4.60. The van der Waals surface area contributed by atoms with Gasteiger partial charge in [0.15, 0.2) is 0 Å². The summed E-state index contributed by atoms with van der Waals surface area (Å²) in [7, 11) is 0. The minimum absolute atomic E-state index is 0.0853. The van der Waals surface area contributed by atoms with E-state index in [9.17, 15) is 4.79 Å². The molecule has 5 rings (SSSR count). The molecule has 0 aromatic carbocycles. The van der Waals surface area contributed by atoms with Crippen molar-refractivity contribution in [3.8, 4) is 11.3 Å². The van der Waals surface area contributed by atoms with E-state index in [1.54, 1.807) is 4.90 Å². The summed E-state index contributed by atoms with van der Waals surface area (Å²) in [6.45, 7) is 10.8. The van der Waals surface area contributed by atoms with Gasteiger partial charge in [0.2, 0.25) is 0 Å². The average molecular weight is 536 g/mol. The summed E-state index contributed by atoms with van der Waals surface area (Å²) in [5, 5.41) is 16.7. The molecule has 1 saturated heterocycles. The number of likely N-dealkylation sites (tertiary alicyclic amines) is 1. The van der Waals surface area contributed by atoms with Crippen LogP contribution in [0, 0.1) is 5.41 Å².